The Morgan fingerprint density at radius 2 is 1.74 bits per heavy atom. The predicted octanol–water partition coefficient (Wildman–Crippen LogP) is 3.74. The van der Waals surface area contributed by atoms with Gasteiger partial charge in [0.1, 0.15) is 5.82 Å². The van der Waals surface area contributed by atoms with E-state index in [9.17, 15) is 14.4 Å². The summed E-state index contributed by atoms with van der Waals surface area (Å²) < 4.78 is 9.23. The number of carbonyl (C=O) groups is 1. The van der Waals surface area contributed by atoms with Crippen molar-refractivity contribution < 1.29 is 9.53 Å². The number of esters is 1. The number of benzene rings is 2. The van der Waals surface area contributed by atoms with Gasteiger partial charge >= 0.3 is 11.7 Å². The average Bonchev–Trinajstić information content (AvgIpc) is 3.31. The average molecular weight is 556 g/mol. The lowest BCUT2D eigenvalue weighted by Crippen LogP contribution is -2.42. The molecule has 1 aliphatic rings. The second-order valence-electron chi connectivity index (χ2n) is 9.45. The number of hydrogen-bond acceptors (Lipinski definition) is 6. The topological polar surface area (TPSA) is 91.4 Å². The number of rotatable bonds is 6. The monoisotopic (exact) mass is 555 g/mol. The van der Waals surface area contributed by atoms with Crippen molar-refractivity contribution in [2.75, 3.05) is 26.7 Å². The third-order valence-electron chi connectivity index (χ3n) is 7.07. The van der Waals surface area contributed by atoms with E-state index >= 15 is 0 Å². The van der Waals surface area contributed by atoms with E-state index in [1.807, 2.05) is 23.1 Å². The van der Waals surface area contributed by atoms with Gasteiger partial charge in [0.15, 0.2) is 11.2 Å². The van der Waals surface area contributed by atoms with Gasteiger partial charge in [0.2, 0.25) is 0 Å². The Morgan fingerprint density at radius 1 is 1.05 bits per heavy atom. The van der Waals surface area contributed by atoms with Gasteiger partial charge in [-0.1, -0.05) is 35.3 Å². The van der Waals surface area contributed by atoms with Crippen LogP contribution in [-0.2, 0) is 23.1 Å². The van der Waals surface area contributed by atoms with E-state index < -0.39 is 11.2 Å². The van der Waals surface area contributed by atoms with Crippen molar-refractivity contribution in [2.45, 2.75) is 19.4 Å². The molecule has 1 fully saturated rings. The first-order chi connectivity index (χ1) is 18.3. The van der Waals surface area contributed by atoms with Crippen LogP contribution in [0.15, 0.2) is 58.1 Å². The van der Waals surface area contributed by atoms with Crippen LogP contribution in [0.5, 0.6) is 0 Å². The number of hydrogen-bond donors (Lipinski definition) is 0. The van der Waals surface area contributed by atoms with Crippen molar-refractivity contribution in [3.8, 4) is 17.1 Å². The summed E-state index contributed by atoms with van der Waals surface area (Å²) in [7, 11) is 2.86. The van der Waals surface area contributed by atoms with E-state index in [0.717, 1.165) is 17.4 Å². The zero-order valence-corrected chi connectivity index (χ0v) is 22.6. The first-order valence-corrected chi connectivity index (χ1v) is 13.1. The van der Waals surface area contributed by atoms with Gasteiger partial charge in [0.25, 0.3) is 5.56 Å². The van der Waals surface area contributed by atoms with Crippen molar-refractivity contribution in [2.24, 2.45) is 13.0 Å². The van der Waals surface area contributed by atoms with Gasteiger partial charge in [-0.15, -0.1) is 0 Å². The molecule has 0 unspecified atom stereocenters. The van der Waals surface area contributed by atoms with Crippen LogP contribution in [0.3, 0.4) is 0 Å². The van der Waals surface area contributed by atoms with Crippen molar-refractivity contribution >= 4 is 40.3 Å². The van der Waals surface area contributed by atoms with Gasteiger partial charge in [-0.25, -0.2) is 9.78 Å². The molecule has 0 spiro atoms. The quantitative estimate of drug-likeness (QED) is 0.336. The molecule has 198 valence electrons. The molecule has 0 aliphatic carbocycles. The van der Waals surface area contributed by atoms with Crippen LogP contribution in [0.1, 0.15) is 12.8 Å². The Labute approximate surface area is 228 Å². The lowest BCUT2D eigenvalue weighted by atomic mass is 9.96. The maximum Gasteiger partial charge on any atom is 0.332 e. The number of halogens is 2. The van der Waals surface area contributed by atoms with Gasteiger partial charge in [-0.05, 0) is 68.2 Å². The van der Waals surface area contributed by atoms with E-state index in [1.54, 1.807) is 39.5 Å². The summed E-state index contributed by atoms with van der Waals surface area (Å²) in [6.07, 6.45) is 1.59. The van der Waals surface area contributed by atoms with Crippen LogP contribution in [0.25, 0.3) is 28.2 Å². The zero-order chi connectivity index (χ0) is 27.0. The Morgan fingerprint density at radius 3 is 2.39 bits per heavy atom. The fourth-order valence-corrected chi connectivity index (χ4v) is 5.31. The number of nitrogens with zero attached hydrogens (tertiary/aromatic N) is 5. The molecule has 1 aliphatic heterocycles. The van der Waals surface area contributed by atoms with Crippen molar-refractivity contribution in [3.05, 3.63) is 79.4 Å². The lowest BCUT2D eigenvalue weighted by molar-refractivity contribution is -0.142. The fraction of sp³-hybridized carbons (Fsp3) is 0.333. The van der Waals surface area contributed by atoms with Crippen molar-refractivity contribution in [1.29, 1.82) is 0 Å². The number of piperidine rings is 1. The van der Waals surface area contributed by atoms with Gasteiger partial charge < -0.3 is 4.74 Å². The standard InChI is InChI=1S/C27H27Cl2N5O4/c1-31-26(36)23-25(33(27(31)37)15-17-11-13-32(14-12-17)16-22(35)38-2)30-24(20-5-3-4-6-21(20)29)34(23)19-9-7-18(28)8-10-19/h3-10,17H,11-16H2,1-2H3. The summed E-state index contributed by atoms with van der Waals surface area (Å²) in [5, 5.41) is 1.03. The molecule has 5 rings (SSSR count). The Bertz CT molecular complexity index is 1620. The highest BCUT2D eigenvalue weighted by Crippen LogP contribution is 2.32. The van der Waals surface area contributed by atoms with Crippen molar-refractivity contribution in [1.82, 2.24) is 23.6 Å². The van der Waals surface area contributed by atoms with Gasteiger partial charge in [-0.3, -0.25) is 28.2 Å². The summed E-state index contributed by atoms with van der Waals surface area (Å²) in [4.78, 5) is 45.5. The maximum atomic E-state index is 13.5. The highest BCUT2D eigenvalue weighted by Gasteiger charge is 2.27. The lowest BCUT2D eigenvalue weighted by Gasteiger charge is -2.31. The molecule has 0 saturated carbocycles. The summed E-state index contributed by atoms with van der Waals surface area (Å²) >= 11 is 12.7. The van der Waals surface area contributed by atoms with Gasteiger partial charge in [0, 0.05) is 29.9 Å². The number of methoxy groups -OCH3 is 1. The number of likely N-dealkylation sites (tertiary alicyclic amines) is 1. The van der Waals surface area contributed by atoms with Crippen LogP contribution >= 0.6 is 23.2 Å². The van der Waals surface area contributed by atoms with Crippen molar-refractivity contribution in [3.63, 3.8) is 0 Å². The summed E-state index contributed by atoms with van der Waals surface area (Å²) in [6.45, 7) is 2.08. The van der Waals surface area contributed by atoms with Crippen LogP contribution < -0.4 is 11.2 Å². The molecule has 38 heavy (non-hydrogen) atoms. The number of aromatic nitrogens is 4. The molecule has 2 aromatic carbocycles. The molecule has 0 radical (unpaired) electrons. The van der Waals surface area contributed by atoms with Gasteiger partial charge in [-0.2, -0.15) is 0 Å². The molecule has 0 bridgehead atoms. The van der Waals surface area contributed by atoms with Crippen LogP contribution in [-0.4, -0.2) is 56.3 Å². The molecule has 2 aromatic heterocycles. The first-order valence-electron chi connectivity index (χ1n) is 12.3. The summed E-state index contributed by atoms with van der Waals surface area (Å²) in [6, 6.07) is 14.3. The minimum absolute atomic E-state index is 0.173. The molecular weight excluding hydrogens is 529 g/mol. The first kappa shape index (κ1) is 26.2. The molecule has 1 saturated heterocycles. The largest absolute Gasteiger partial charge is 0.468 e. The summed E-state index contributed by atoms with van der Waals surface area (Å²) in [5.74, 6) is 0.364. The van der Waals surface area contributed by atoms with Crippen LogP contribution in [0.4, 0.5) is 0 Å². The van der Waals surface area contributed by atoms with E-state index in [-0.39, 0.29) is 23.9 Å². The van der Waals surface area contributed by atoms with Crippen LogP contribution in [0, 0.1) is 5.92 Å². The van der Waals surface area contributed by atoms with E-state index in [2.05, 4.69) is 0 Å². The Kier molecular flexibility index (Phi) is 7.43. The normalized spacial score (nSPS) is 14.7. The molecule has 0 N–H and O–H groups in total. The fourth-order valence-electron chi connectivity index (χ4n) is 4.97. The zero-order valence-electron chi connectivity index (χ0n) is 21.1. The third-order valence-corrected chi connectivity index (χ3v) is 7.65. The smallest absolute Gasteiger partial charge is 0.332 e. The van der Waals surface area contributed by atoms with E-state index in [4.69, 9.17) is 32.9 Å². The number of ether oxygens (including phenoxy) is 1. The minimum Gasteiger partial charge on any atom is -0.468 e. The minimum atomic E-state index is -0.449. The molecule has 0 amide bonds. The number of carbonyl (C=O) groups excluding carboxylic acids is 1. The van der Waals surface area contributed by atoms with E-state index in [0.29, 0.717) is 52.4 Å². The predicted molar refractivity (Wildman–Crippen MR) is 147 cm³/mol. The number of fused-ring (bicyclic) bond motifs is 1. The molecule has 4 aromatic rings. The molecule has 9 nitrogen and oxygen atoms in total. The summed E-state index contributed by atoms with van der Waals surface area (Å²) in [5.41, 5.74) is 1.02. The maximum absolute atomic E-state index is 13.5. The Balaban J connectivity index is 1.64. The molecular formula is C27H27Cl2N5O4. The number of imidazole rings is 1. The van der Waals surface area contributed by atoms with E-state index in [1.165, 1.54) is 14.2 Å². The Hall–Kier alpha value is -3.40. The second kappa shape index (κ2) is 10.8. The van der Waals surface area contributed by atoms with Gasteiger partial charge in [0.05, 0.1) is 18.7 Å². The second-order valence-corrected chi connectivity index (χ2v) is 10.3. The third kappa shape index (κ3) is 4.89. The highest BCUT2D eigenvalue weighted by molar-refractivity contribution is 6.33. The molecule has 11 heteroatoms. The molecule has 3 heterocycles. The van der Waals surface area contributed by atoms with Crippen LogP contribution in [0.2, 0.25) is 10.0 Å². The highest BCUT2D eigenvalue weighted by atomic mass is 35.5. The SMILES string of the molecule is COC(=O)CN1CCC(Cn2c(=O)n(C)c(=O)c3c2nc(-c2ccccc2Cl)n3-c2ccc(Cl)cc2)CC1. The molecule has 0 atom stereocenters.